The minimum atomic E-state index is -0.331. The molecule has 0 spiro atoms. The molecule has 0 aliphatic rings. The standard InChI is InChI=1S/C15H10FN5/c16-10-5-7-11(8-6-10)20-21-14(9-17)15-18-12-3-1-2-4-13(12)19-15/h1-8,20H,(H,18,19)/b21-14-. The largest absolute Gasteiger partial charge is 0.336 e. The van der Waals surface area contributed by atoms with E-state index in [1.807, 2.05) is 30.3 Å². The SMILES string of the molecule is N#C/C(=N/Nc1ccc(F)cc1)c1nc2ccccc2[nH]1. The lowest BCUT2D eigenvalue weighted by molar-refractivity contribution is 0.628. The third kappa shape index (κ3) is 2.72. The Bertz CT molecular complexity index is 809. The molecule has 0 bridgehead atoms. The van der Waals surface area contributed by atoms with Gasteiger partial charge in [0.05, 0.1) is 16.7 Å². The highest BCUT2D eigenvalue weighted by Crippen LogP contribution is 2.12. The molecule has 0 radical (unpaired) electrons. The van der Waals surface area contributed by atoms with Gasteiger partial charge >= 0.3 is 0 Å². The Balaban J connectivity index is 1.89. The first-order valence-electron chi connectivity index (χ1n) is 6.21. The van der Waals surface area contributed by atoms with Crippen molar-refractivity contribution in [3.05, 3.63) is 60.2 Å². The zero-order chi connectivity index (χ0) is 14.7. The van der Waals surface area contributed by atoms with E-state index in [2.05, 4.69) is 20.5 Å². The summed E-state index contributed by atoms with van der Waals surface area (Å²) in [5.74, 6) is 0.0515. The van der Waals surface area contributed by atoms with Gasteiger partial charge in [-0.1, -0.05) is 12.1 Å². The molecule has 1 aromatic heterocycles. The van der Waals surface area contributed by atoms with E-state index in [0.29, 0.717) is 11.5 Å². The number of hydrogen-bond donors (Lipinski definition) is 2. The van der Waals surface area contributed by atoms with Gasteiger partial charge in [0, 0.05) is 0 Å². The fourth-order valence-corrected chi connectivity index (χ4v) is 1.84. The first-order valence-corrected chi connectivity index (χ1v) is 6.21. The van der Waals surface area contributed by atoms with Crippen LogP contribution in [0.4, 0.5) is 10.1 Å². The van der Waals surface area contributed by atoms with E-state index in [4.69, 9.17) is 0 Å². The van der Waals surface area contributed by atoms with E-state index < -0.39 is 0 Å². The van der Waals surface area contributed by atoms with Crippen LogP contribution in [0.1, 0.15) is 5.82 Å². The third-order valence-electron chi connectivity index (χ3n) is 2.86. The van der Waals surface area contributed by atoms with Gasteiger partial charge in [0.25, 0.3) is 0 Å². The minimum Gasteiger partial charge on any atom is -0.336 e. The van der Waals surface area contributed by atoms with Gasteiger partial charge in [-0.15, -0.1) is 0 Å². The van der Waals surface area contributed by atoms with E-state index in [9.17, 15) is 9.65 Å². The molecule has 6 heteroatoms. The fraction of sp³-hybridized carbons (Fsp3) is 0. The summed E-state index contributed by atoms with van der Waals surface area (Å²) in [7, 11) is 0. The van der Waals surface area contributed by atoms with Gasteiger partial charge in [0.1, 0.15) is 11.9 Å². The Morgan fingerprint density at radius 1 is 1.19 bits per heavy atom. The van der Waals surface area contributed by atoms with Crippen LogP contribution >= 0.6 is 0 Å². The van der Waals surface area contributed by atoms with Gasteiger partial charge in [-0.3, -0.25) is 5.43 Å². The zero-order valence-corrected chi connectivity index (χ0v) is 10.8. The quantitative estimate of drug-likeness (QED) is 0.571. The van der Waals surface area contributed by atoms with Crippen LogP contribution in [0, 0.1) is 17.1 Å². The Morgan fingerprint density at radius 3 is 2.67 bits per heavy atom. The van der Waals surface area contributed by atoms with Crippen molar-refractivity contribution >= 4 is 22.4 Å². The van der Waals surface area contributed by atoms with E-state index in [-0.39, 0.29) is 11.5 Å². The molecular formula is C15H10FN5. The number of rotatable bonds is 3. The number of nitriles is 1. The highest BCUT2D eigenvalue weighted by atomic mass is 19.1. The van der Waals surface area contributed by atoms with Crippen molar-refractivity contribution in [2.24, 2.45) is 5.10 Å². The van der Waals surface area contributed by atoms with Crippen LogP contribution in [-0.2, 0) is 0 Å². The van der Waals surface area contributed by atoms with Crippen molar-refractivity contribution in [2.45, 2.75) is 0 Å². The highest BCUT2D eigenvalue weighted by molar-refractivity contribution is 6.10. The second-order valence-electron chi connectivity index (χ2n) is 4.29. The molecule has 0 aliphatic heterocycles. The fourth-order valence-electron chi connectivity index (χ4n) is 1.84. The molecule has 0 fully saturated rings. The van der Waals surface area contributed by atoms with Gasteiger partial charge in [0.15, 0.2) is 5.82 Å². The summed E-state index contributed by atoms with van der Waals surface area (Å²) < 4.78 is 12.8. The molecule has 3 aromatic rings. The summed E-state index contributed by atoms with van der Waals surface area (Å²) in [6, 6.07) is 15.1. The normalized spacial score (nSPS) is 11.3. The average molecular weight is 279 g/mol. The summed E-state index contributed by atoms with van der Waals surface area (Å²) in [6.07, 6.45) is 0. The summed E-state index contributed by atoms with van der Waals surface area (Å²) in [4.78, 5) is 7.33. The van der Waals surface area contributed by atoms with Crippen molar-refractivity contribution in [3.8, 4) is 6.07 Å². The summed E-state index contributed by atoms with van der Waals surface area (Å²) >= 11 is 0. The number of fused-ring (bicyclic) bond motifs is 1. The number of hydrogen-bond acceptors (Lipinski definition) is 4. The molecule has 0 aliphatic carbocycles. The van der Waals surface area contributed by atoms with Gasteiger partial charge in [-0.2, -0.15) is 10.4 Å². The Kier molecular flexibility index (Phi) is 3.31. The van der Waals surface area contributed by atoms with Crippen molar-refractivity contribution in [1.82, 2.24) is 9.97 Å². The first-order chi connectivity index (χ1) is 10.3. The van der Waals surface area contributed by atoms with Crippen LogP contribution < -0.4 is 5.43 Å². The number of nitrogens with zero attached hydrogens (tertiary/aromatic N) is 3. The predicted octanol–water partition coefficient (Wildman–Crippen LogP) is 3.04. The smallest absolute Gasteiger partial charge is 0.203 e. The molecule has 102 valence electrons. The monoisotopic (exact) mass is 279 g/mol. The number of hydrazone groups is 1. The molecule has 5 nitrogen and oxygen atoms in total. The number of halogens is 1. The molecule has 0 saturated carbocycles. The molecule has 2 N–H and O–H groups in total. The van der Waals surface area contributed by atoms with Crippen LogP contribution in [0.15, 0.2) is 53.6 Å². The maximum Gasteiger partial charge on any atom is 0.203 e. The van der Waals surface area contributed by atoms with Crippen LogP contribution in [0.25, 0.3) is 11.0 Å². The van der Waals surface area contributed by atoms with E-state index in [1.54, 1.807) is 0 Å². The topological polar surface area (TPSA) is 76.9 Å². The zero-order valence-electron chi connectivity index (χ0n) is 10.8. The number of para-hydroxylation sites is 2. The average Bonchev–Trinajstić information content (AvgIpc) is 2.93. The number of anilines is 1. The molecule has 0 unspecified atom stereocenters. The van der Waals surface area contributed by atoms with E-state index >= 15 is 0 Å². The molecule has 1 heterocycles. The van der Waals surface area contributed by atoms with Crippen molar-refractivity contribution in [1.29, 1.82) is 5.26 Å². The van der Waals surface area contributed by atoms with Crippen molar-refractivity contribution < 1.29 is 4.39 Å². The number of H-pyrrole nitrogens is 1. The van der Waals surface area contributed by atoms with Crippen LogP contribution in [-0.4, -0.2) is 15.7 Å². The Labute approximate surface area is 119 Å². The maximum absolute atomic E-state index is 12.8. The van der Waals surface area contributed by atoms with Crippen LogP contribution in [0.2, 0.25) is 0 Å². The Hall–Kier alpha value is -3.20. The number of benzene rings is 2. The van der Waals surface area contributed by atoms with Crippen LogP contribution in [0.5, 0.6) is 0 Å². The summed E-state index contributed by atoms with van der Waals surface area (Å²) in [6.45, 7) is 0. The van der Waals surface area contributed by atoms with E-state index in [1.165, 1.54) is 24.3 Å². The number of nitrogens with one attached hydrogen (secondary N) is 2. The second kappa shape index (κ2) is 5.43. The van der Waals surface area contributed by atoms with E-state index in [0.717, 1.165) is 11.0 Å². The van der Waals surface area contributed by atoms with Gasteiger partial charge in [-0.05, 0) is 36.4 Å². The van der Waals surface area contributed by atoms with Crippen molar-refractivity contribution in [2.75, 3.05) is 5.43 Å². The molecular weight excluding hydrogens is 269 g/mol. The summed E-state index contributed by atoms with van der Waals surface area (Å²) in [5, 5.41) is 13.2. The molecule has 3 rings (SSSR count). The molecule has 2 aromatic carbocycles. The maximum atomic E-state index is 12.8. The Morgan fingerprint density at radius 2 is 1.95 bits per heavy atom. The lowest BCUT2D eigenvalue weighted by atomic mass is 10.3. The number of imidazole rings is 1. The van der Waals surface area contributed by atoms with Crippen LogP contribution in [0.3, 0.4) is 0 Å². The third-order valence-corrected chi connectivity index (χ3v) is 2.86. The summed E-state index contributed by atoms with van der Waals surface area (Å²) in [5.41, 5.74) is 5.00. The first kappa shape index (κ1) is 12.8. The number of aromatic amines is 1. The predicted molar refractivity (Wildman–Crippen MR) is 78.3 cm³/mol. The highest BCUT2D eigenvalue weighted by Gasteiger charge is 2.08. The molecule has 0 amide bonds. The minimum absolute atomic E-state index is 0.121. The van der Waals surface area contributed by atoms with Gasteiger partial charge < -0.3 is 4.98 Å². The molecule has 0 atom stereocenters. The lowest BCUT2D eigenvalue weighted by Crippen LogP contribution is -2.03. The van der Waals surface area contributed by atoms with Gasteiger partial charge in [-0.25, -0.2) is 9.37 Å². The number of aromatic nitrogens is 2. The lowest BCUT2D eigenvalue weighted by Gasteiger charge is -1.99. The molecule has 0 saturated heterocycles. The second-order valence-corrected chi connectivity index (χ2v) is 4.29. The van der Waals surface area contributed by atoms with Crippen molar-refractivity contribution in [3.63, 3.8) is 0 Å². The van der Waals surface area contributed by atoms with Gasteiger partial charge in [0.2, 0.25) is 5.71 Å². The molecule has 21 heavy (non-hydrogen) atoms.